The fourth-order valence-electron chi connectivity index (χ4n) is 4.73. The van der Waals surface area contributed by atoms with Gasteiger partial charge in [-0.25, -0.2) is 0 Å². The molecule has 2 saturated heterocycles. The molecule has 0 bridgehead atoms. The molecule has 2 aliphatic rings. The first kappa shape index (κ1) is 21.9. The van der Waals surface area contributed by atoms with E-state index in [4.69, 9.17) is 0 Å². The van der Waals surface area contributed by atoms with Gasteiger partial charge in [-0.15, -0.1) is 0 Å². The SMILES string of the molecule is CCC1(C(C)C)CC(=O)N(CCCC(=O)N2CCC(C(C)(C)C)CC2)C1=O. The van der Waals surface area contributed by atoms with Gasteiger partial charge >= 0.3 is 0 Å². The van der Waals surface area contributed by atoms with E-state index in [-0.39, 0.29) is 23.6 Å². The van der Waals surface area contributed by atoms with Crippen LogP contribution in [0.4, 0.5) is 0 Å². The van der Waals surface area contributed by atoms with Crippen LogP contribution in [0.2, 0.25) is 0 Å². The molecule has 2 heterocycles. The number of likely N-dealkylation sites (tertiary alicyclic amines) is 2. The number of hydrogen-bond donors (Lipinski definition) is 0. The summed E-state index contributed by atoms with van der Waals surface area (Å²) in [5.41, 5.74) is -0.246. The number of carbonyl (C=O) groups excluding carboxylic acids is 3. The summed E-state index contributed by atoms with van der Waals surface area (Å²) in [6, 6.07) is 0. The highest BCUT2D eigenvalue weighted by Gasteiger charge is 2.51. The Balaban J connectivity index is 1.82. The predicted octanol–water partition coefficient (Wildman–Crippen LogP) is 3.86. The fourth-order valence-corrected chi connectivity index (χ4v) is 4.73. The van der Waals surface area contributed by atoms with Crippen LogP contribution in [0.1, 0.15) is 80.1 Å². The van der Waals surface area contributed by atoms with Gasteiger partial charge in [0.2, 0.25) is 17.7 Å². The lowest BCUT2D eigenvalue weighted by atomic mass is 9.73. The van der Waals surface area contributed by atoms with Crippen LogP contribution in [0.3, 0.4) is 0 Å². The van der Waals surface area contributed by atoms with Crippen LogP contribution in [0.15, 0.2) is 0 Å². The summed E-state index contributed by atoms with van der Waals surface area (Å²) in [5, 5.41) is 0. The first-order chi connectivity index (χ1) is 12.5. The molecule has 1 atom stereocenters. The summed E-state index contributed by atoms with van der Waals surface area (Å²) in [4.78, 5) is 41.1. The van der Waals surface area contributed by atoms with Crippen LogP contribution in [0.5, 0.6) is 0 Å². The normalized spacial score (nSPS) is 25.0. The third kappa shape index (κ3) is 4.55. The minimum atomic E-state index is -0.546. The van der Waals surface area contributed by atoms with Crippen LogP contribution >= 0.6 is 0 Å². The molecular weight excluding hydrogens is 340 g/mol. The van der Waals surface area contributed by atoms with E-state index in [2.05, 4.69) is 20.8 Å². The molecule has 0 aliphatic carbocycles. The van der Waals surface area contributed by atoms with E-state index in [0.29, 0.717) is 43.6 Å². The van der Waals surface area contributed by atoms with Crippen molar-refractivity contribution in [3.63, 3.8) is 0 Å². The molecule has 0 aromatic rings. The topological polar surface area (TPSA) is 57.7 Å². The fraction of sp³-hybridized carbons (Fsp3) is 0.864. The van der Waals surface area contributed by atoms with Crippen molar-refractivity contribution < 1.29 is 14.4 Å². The van der Waals surface area contributed by atoms with Gasteiger partial charge in [0.25, 0.3) is 0 Å². The van der Waals surface area contributed by atoms with Gasteiger partial charge < -0.3 is 4.90 Å². The highest BCUT2D eigenvalue weighted by Crippen LogP contribution is 2.42. The van der Waals surface area contributed by atoms with E-state index in [1.54, 1.807) is 0 Å². The van der Waals surface area contributed by atoms with Gasteiger partial charge in [-0.2, -0.15) is 0 Å². The Kier molecular flexibility index (Phi) is 6.75. The average molecular weight is 379 g/mol. The number of piperidine rings is 1. The second-order valence-electron chi connectivity index (χ2n) is 9.82. The number of rotatable bonds is 6. The van der Waals surface area contributed by atoms with Gasteiger partial charge in [-0.1, -0.05) is 41.5 Å². The second-order valence-corrected chi connectivity index (χ2v) is 9.82. The predicted molar refractivity (Wildman–Crippen MR) is 107 cm³/mol. The van der Waals surface area contributed by atoms with Crippen molar-refractivity contribution in [2.45, 2.75) is 80.1 Å². The molecule has 0 spiro atoms. The van der Waals surface area contributed by atoms with Crippen molar-refractivity contribution in [2.24, 2.45) is 22.7 Å². The Bertz CT molecular complexity index is 571. The molecule has 2 rings (SSSR count). The highest BCUT2D eigenvalue weighted by atomic mass is 16.2. The lowest BCUT2D eigenvalue weighted by Gasteiger charge is -2.38. The first-order valence-electron chi connectivity index (χ1n) is 10.7. The first-order valence-corrected chi connectivity index (χ1v) is 10.7. The minimum Gasteiger partial charge on any atom is -0.343 e. The summed E-state index contributed by atoms with van der Waals surface area (Å²) in [6.07, 6.45) is 4.10. The number of amides is 3. The molecule has 1 unspecified atom stereocenters. The standard InChI is InChI=1S/C22H38N2O3/c1-7-22(16(2)3)15-19(26)24(20(22)27)12-8-9-18(25)23-13-10-17(11-14-23)21(4,5)6/h16-17H,7-15H2,1-6H3. The van der Waals surface area contributed by atoms with Gasteiger partial charge in [0.05, 0.1) is 5.41 Å². The second kappa shape index (κ2) is 8.32. The van der Waals surface area contributed by atoms with Gasteiger partial charge in [-0.05, 0) is 42.9 Å². The number of nitrogens with zero attached hydrogens (tertiary/aromatic N) is 2. The molecule has 3 amide bonds. The Labute approximate surface area is 164 Å². The lowest BCUT2D eigenvalue weighted by Crippen LogP contribution is -2.42. The molecule has 27 heavy (non-hydrogen) atoms. The van der Waals surface area contributed by atoms with Crippen LogP contribution in [0, 0.1) is 22.7 Å². The molecule has 0 aromatic heterocycles. The molecule has 0 N–H and O–H groups in total. The third-order valence-corrected chi connectivity index (χ3v) is 7.02. The van der Waals surface area contributed by atoms with E-state index in [9.17, 15) is 14.4 Å². The van der Waals surface area contributed by atoms with Gasteiger partial charge in [0.15, 0.2) is 0 Å². The van der Waals surface area contributed by atoms with Crippen LogP contribution in [0.25, 0.3) is 0 Å². The van der Waals surface area contributed by atoms with Gasteiger partial charge in [0, 0.05) is 32.5 Å². The summed E-state index contributed by atoms with van der Waals surface area (Å²) in [6.45, 7) is 14.9. The maximum atomic E-state index is 12.8. The summed E-state index contributed by atoms with van der Waals surface area (Å²) in [7, 11) is 0. The highest BCUT2D eigenvalue weighted by molar-refractivity contribution is 6.06. The van der Waals surface area contributed by atoms with Crippen LogP contribution in [-0.4, -0.2) is 47.2 Å². The monoisotopic (exact) mass is 378 g/mol. The Hall–Kier alpha value is -1.39. The summed E-state index contributed by atoms with van der Waals surface area (Å²) in [5.74, 6) is 0.860. The number of imide groups is 1. The quantitative estimate of drug-likeness (QED) is 0.660. The third-order valence-electron chi connectivity index (χ3n) is 7.02. The zero-order valence-corrected chi connectivity index (χ0v) is 18.1. The van der Waals surface area contributed by atoms with Crippen LogP contribution < -0.4 is 0 Å². The zero-order chi connectivity index (χ0) is 20.4. The van der Waals surface area contributed by atoms with Gasteiger partial charge in [-0.3, -0.25) is 19.3 Å². The largest absolute Gasteiger partial charge is 0.343 e. The summed E-state index contributed by atoms with van der Waals surface area (Å²) >= 11 is 0. The molecule has 2 aliphatic heterocycles. The van der Waals surface area contributed by atoms with Crippen molar-refractivity contribution in [1.29, 1.82) is 0 Å². The molecule has 0 saturated carbocycles. The van der Waals surface area contributed by atoms with E-state index in [0.717, 1.165) is 25.9 Å². The molecule has 154 valence electrons. The molecule has 2 fully saturated rings. The van der Waals surface area contributed by atoms with Gasteiger partial charge in [0.1, 0.15) is 0 Å². The average Bonchev–Trinajstić information content (AvgIpc) is 2.86. The molecular formula is C22H38N2O3. The van der Waals surface area contributed by atoms with E-state index in [1.807, 2.05) is 25.7 Å². The number of hydrogen-bond acceptors (Lipinski definition) is 3. The maximum absolute atomic E-state index is 12.8. The Morgan fingerprint density at radius 2 is 1.78 bits per heavy atom. The molecule has 5 nitrogen and oxygen atoms in total. The van der Waals surface area contributed by atoms with Crippen molar-refractivity contribution >= 4 is 17.7 Å². The van der Waals surface area contributed by atoms with Crippen LogP contribution in [-0.2, 0) is 14.4 Å². The van der Waals surface area contributed by atoms with E-state index in [1.165, 1.54) is 4.90 Å². The molecule has 0 aromatic carbocycles. The van der Waals surface area contributed by atoms with E-state index < -0.39 is 5.41 Å². The lowest BCUT2D eigenvalue weighted by molar-refractivity contribution is -0.143. The molecule has 0 radical (unpaired) electrons. The van der Waals surface area contributed by atoms with Crippen molar-refractivity contribution in [3.8, 4) is 0 Å². The Morgan fingerprint density at radius 3 is 2.22 bits per heavy atom. The Morgan fingerprint density at radius 1 is 1.19 bits per heavy atom. The molecule has 5 heteroatoms. The zero-order valence-electron chi connectivity index (χ0n) is 18.1. The van der Waals surface area contributed by atoms with Crippen molar-refractivity contribution in [3.05, 3.63) is 0 Å². The smallest absolute Gasteiger partial charge is 0.236 e. The number of carbonyl (C=O) groups is 3. The maximum Gasteiger partial charge on any atom is 0.236 e. The van der Waals surface area contributed by atoms with Crippen molar-refractivity contribution in [1.82, 2.24) is 9.80 Å². The minimum absolute atomic E-state index is 0.0385. The van der Waals surface area contributed by atoms with E-state index >= 15 is 0 Å². The van der Waals surface area contributed by atoms with Crippen molar-refractivity contribution in [2.75, 3.05) is 19.6 Å². The summed E-state index contributed by atoms with van der Waals surface area (Å²) < 4.78 is 0.